The van der Waals surface area contributed by atoms with E-state index in [0.717, 1.165) is 5.52 Å². The van der Waals surface area contributed by atoms with E-state index in [4.69, 9.17) is 28.9 Å². The van der Waals surface area contributed by atoms with Crippen molar-refractivity contribution in [3.05, 3.63) is 58.1 Å². The average molecular weight is 430 g/mol. The number of benzene rings is 2. The maximum Gasteiger partial charge on any atom is 0.260 e. The molecule has 3 N–H and O–H groups in total. The second-order valence-corrected chi connectivity index (χ2v) is 6.75. The highest BCUT2D eigenvalue weighted by Gasteiger charge is 2.20. The van der Waals surface area contributed by atoms with Crippen LogP contribution in [0.2, 0.25) is 10.0 Å². The number of carbonyl (C=O) groups is 1. The Morgan fingerprint density at radius 3 is 2.66 bits per heavy atom. The number of hydrogen-bond acceptors (Lipinski definition) is 7. The smallest absolute Gasteiger partial charge is 0.260 e. The first-order valence-corrected chi connectivity index (χ1v) is 9.10. The summed E-state index contributed by atoms with van der Waals surface area (Å²) >= 11 is 12.2. The van der Waals surface area contributed by atoms with E-state index in [1.165, 1.54) is 6.21 Å². The fourth-order valence-electron chi connectivity index (χ4n) is 2.75. The molecule has 0 saturated heterocycles. The van der Waals surface area contributed by atoms with Crippen LogP contribution in [0.5, 0.6) is 0 Å². The van der Waals surface area contributed by atoms with E-state index in [1.54, 1.807) is 22.8 Å². The molecule has 2 aromatic heterocycles. The Balaban J connectivity index is 1.60. The highest BCUT2D eigenvalue weighted by molar-refractivity contribution is 6.38. The number of hydrazone groups is 1. The van der Waals surface area contributed by atoms with Crippen molar-refractivity contribution in [2.75, 3.05) is 5.73 Å². The van der Waals surface area contributed by atoms with Gasteiger partial charge in [-0.15, -0.1) is 0 Å². The van der Waals surface area contributed by atoms with Crippen LogP contribution in [-0.4, -0.2) is 32.0 Å². The number of fused-ring (bicyclic) bond motifs is 1. The van der Waals surface area contributed by atoms with Gasteiger partial charge in [0.2, 0.25) is 0 Å². The van der Waals surface area contributed by atoms with E-state index >= 15 is 0 Å². The zero-order chi connectivity index (χ0) is 20.4. The number of imidazole rings is 1. The van der Waals surface area contributed by atoms with Crippen molar-refractivity contribution in [2.24, 2.45) is 5.10 Å². The SMILES string of the molecule is Nc1nonc1-c1nc2ccccc2n1CC(=O)N/N=C\c1c(Cl)cccc1Cl. The van der Waals surface area contributed by atoms with Crippen molar-refractivity contribution in [1.82, 2.24) is 25.3 Å². The largest absolute Gasteiger partial charge is 0.379 e. The van der Waals surface area contributed by atoms with E-state index in [1.807, 2.05) is 24.3 Å². The van der Waals surface area contributed by atoms with Gasteiger partial charge in [0.25, 0.3) is 5.91 Å². The number of para-hydroxylation sites is 2. The van der Waals surface area contributed by atoms with Crippen molar-refractivity contribution in [3.8, 4) is 11.5 Å². The van der Waals surface area contributed by atoms with Crippen molar-refractivity contribution in [3.63, 3.8) is 0 Å². The predicted octanol–water partition coefficient (Wildman–Crippen LogP) is 3.13. The van der Waals surface area contributed by atoms with E-state index < -0.39 is 5.91 Å². The molecule has 0 aliphatic heterocycles. The number of aromatic nitrogens is 4. The van der Waals surface area contributed by atoms with Gasteiger partial charge in [-0.1, -0.05) is 41.4 Å². The summed E-state index contributed by atoms with van der Waals surface area (Å²) in [5.41, 5.74) is 10.4. The van der Waals surface area contributed by atoms with E-state index in [0.29, 0.717) is 26.9 Å². The standard InChI is InChI=1S/C18H13Cl2N7O2/c19-11-4-3-5-12(20)10(11)8-22-24-15(28)9-27-14-7-2-1-6-13(14)23-18(27)16-17(21)26-29-25-16/h1-8H,9H2,(H2,21,26)(H,24,28)/b22-8-. The Morgan fingerprint density at radius 2 is 1.93 bits per heavy atom. The van der Waals surface area contributed by atoms with Crippen molar-refractivity contribution in [1.29, 1.82) is 0 Å². The summed E-state index contributed by atoms with van der Waals surface area (Å²) in [6.45, 7) is -0.0876. The molecule has 11 heteroatoms. The monoisotopic (exact) mass is 429 g/mol. The molecular formula is C18H13Cl2N7O2. The van der Waals surface area contributed by atoms with E-state index in [-0.39, 0.29) is 18.1 Å². The number of rotatable bonds is 5. The fourth-order valence-corrected chi connectivity index (χ4v) is 3.24. The minimum absolute atomic E-state index is 0.0772. The van der Waals surface area contributed by atoms with E-state index in [2.05, 4.69) is 30.5 Å². The van der Waals surface area contributed by atoms with Crippen molar-refractivity contribution >= 4 is 52.2 Å². The number of carbonyl (C=O) groups excluding carboxylic acids is 1. The first-order chi connectivity index (χ1) is 14.0. The lowest BCUT2D eigenvalue weighted by atomic mass is 10.2. The predicted molar refractivity (Wildman–Crippen MR) is 110 cm³/mol. The highest BCUT2D eigenvalue weighted by Crippen LogP contribution is 2.26. The summed E-state index contributed by atoms with van der Waals surface area (Å²) in [5.74, 6) is 0.0374. The molecule has 1 amide bonds. The molecule has 2 heterocycles. The molecular weight excluding hydrogens is 417 g/mol. The van der Waals surface area contributed by atoms with Gasteiger partial charge in [0, 0.05) is 5.56 Å². The van der Waals surface area contributed by atoms with E-state index in [9.17, 15) is 4.79 Å². The summed E-state index contributed by atoms with van der Waals surface area (Å²) in [4.78, 5) is 17.0. The maximum atomic E-state index is 12.5. The van der Waals surface area contributed by atoms with Crippen LogP contribution >= 0.6 is 23.2 Å². The lowest BCUT2D eigenvalue weighted by molar-refractivity contribution is -0.121. The molecule has 0 radical (unpaired) electrons. The number of nitrogens with zero attached hydrogens (tertiary/aromatic N) is 5. The fraction of sp³-hybridized carbons (Fsp3) is 0.0556. The molecule has 29 heavy (non-hydrogen) atoms. The van der Waals surface area contributed by atoms with Gasteiger partial charge in [-0.25, -0.2) is 15.0 Å². The summed E-state index contributed by atoms with van der Waals surface area (Å²) in [6.07, 6.45) is 1.38. The molecule has 0 fully saturated rings. The molecule has 0 spiro atoms. The third kappa shape index (κ3) is 3.78. The maximum absolute atomic E-state index is 12.5. The van der Waals surface area contributed by atoms with Crippen LogP contribution in [0.3, 0.4) is 0 Å². The van der Waals surface area contributed by atoms with Gasteiger partial charge < -0.3 is 10.3 Å². The first-order valence-electron chi connectivity index (χ1n) is 8.34. The third-order valence-corrected chi connectivity index (χ3v) is 4.72. The van der Waals surface area contributed by atoms with Crippen LogP contribution in [0.1, 0.15) is 5.56 Å². The van der Waals surface area contributed by atoms with Crippen molar-refractivity contribution in [2.45, 2.75) is 6.54 Å². The number of halogens is 2. The summed E-state index contributed by atoms with van der Waals surface area (Å²) in [5, 5.41) is 12.1. The van der Waals surface area contributed by atoms with Gasteiger partial charge in [-0.2, -0.15) is 5.10 Å². The molecule has 0 atom stereocenters. The minimum atomic E-state index is -0.399. The number of hydrogen-bond donors (Lipinski definition) is 2. The zero-order valence-electron chi connectivity index (χ0n) is 14.7. The Labute approximate surface area is 174 Å². The molecule has 0 saturated carbocycles. The van der Waals surface area contributed by atoms with Gasteiger partial charge in [-0.05, 0) is 34.6 Å². The molecule has 4 rings (SSSR count). The number of nitrogens with two attached hydrogens (primary N) is 1. The highest BCUT2D eigenvalue weighted by atomic mass is 35.5. The number of nitrogens with one attached hydrogen (secondary N) is 1. The molecule has 0 bridgehead atoms. The van der Waals surface area contributed by atoms with Gasteiger partial charge in [0.1, 0.15) is 6.54 Å². The van der Waals surface area contributed by atoms with Crippen LogP contribution in [0, 0.1) is 0 Å². The van der Waals surface area contributed by atoms with Gasteiger partial charge in [-0.3, -0.25) is 4.79 Å². The second kappa shape index (κ2) is 7.90. The van der Waals surface area contributed by atoms with Gasteiger partial charge in [0.05, 0.1) is 27.3 Å². The Morgan fingerprint density at radius 1 is 1.17 bits per heavy atom. The topological polar surface area (TPSA) is 124 Å². The number of anilines is 1. The Hall–Kier alpha value is -3.43. The van der Waals surface area contributed by atoms with Crippen molar-refractivity contribution < 1.29 is 9.42 Å². The zero-order valence-corrected chi connectivity index (χ0v) is 16.2. The average Bonchev–Trinajstić information content (AvgIpc) is 3.27. The number of amides is 1. The Kier molecular flexibility index (Phi) is 5.15. The lowest BCUT2D eigenvalue weighted by Gasteiger charge is -2.07. The molecule has 0 aliphatic rings. The minimum Gasteiger partial charge on any atom is -0.379 e. The van der Waals surface area contributed by atoms with Gasteiger partial charge >= 0.3 is 0 Å². The summed E-state index contributed by atoms with van der Waals surface area (Å²) < 4.78 is 6.32. The van der Waals surface area contributed by atoms with Crippen LogP contribution in [-0.2, 0) is 11.3 Å². The third-order valence-electron chi connectivity index (χ3n) is 4.06. The summed E-state index contributed by atoms with van der Waals surface area (Å²) in [7, 11) is 0. The molecule has 9 nitrogen and oxygen atoms in total. The van der Waals surface area contributed by atoms with Crippen LogP contribution in [0.15, 0.2) is 52.2 Å². The van der Waals surface area contributed by atoms with Crippen LogP contribution < -0.4 is 11.2 Å². The van der Waals surface area contributed by atoms with Crippen LogP contribution in [0.25, 0.3) is 22.6 Å². The Bertz CT molecular complexity index is 1210. The quantitative estimate of drug-likeness (QED) is 0.370. The molecule has 0 aliphatic carbocycles. The first kappa shape index (κ1) is 18.9. The van der Waals surface area contributed by atoms with Gasteiger partial charge in [0.15, 0.2) is 17.3 Å². The molecule has 2 aromatic carbocycles. The summed E-state index contributed by atoms with van der Waals surface area (Å²) in [6, 6.07) is 12.4. The van der Waals surface area contributed by atoms with Crippen LogP contribution in [0.4, 0.5) is 5.82 Å². The molecule has 4 aromatic rings. The normalized spacial score (nSPS) is 11.4. The second-order valence-electron chi connectivity index (χ2n) is 5.94. The molecule has 146 valence electrons. The number of nitrogen functional groups attached to an aromatic ring is 1. The molecule has 0 unspecified atom stereocenters. The lowest BCUT2D eigenvalue weighted by Crippen LogP contribution is -2.23.